The molecule has 0 rings (SSSR count). The maximum Gasteiger partial charge on any atom is 0.326 e. The number of hydrogen-bond acceptors (Lipinski definition) is 2. The summed E-state index contributed by atoms with van der Waals surface area (Å²) in [5.41, 5.74) is 0. The van der Waals surface area contributed by atoms with E-state index in [0.29, 0.717) is 0 Å². The highest BCUT2D eigenvalue weighted by molar-refractivity contribution is 6.67. The molecule has 0 aliphatic carbocycles. The molecule has 2 atom stereocenters. The van der Waals surface area contributed by atoms with Crippen LogP contribution in [0.2, 0.25) is 0 Å². The lowest BCUT2D eigenvalue weighted by atomic mass is 10.0. The van der Waals surface area contributed by atoms with E-state index in [1.807, 2.05) is 0 Å². The SMILES string of the molecule is CCC(=O)N[C@H](C[C@H](C)C(Cl)(Cl)Cl)C(=O)O. The second-order valence-electron chi connectivity index (χ2n) is 3.49. The molecule has 0 heterocycles. The molecule has 0 spiro atoms. The Kier molecular flexibility index (Phi) is 6.44. The van der Waals surface area contributed by atoms with E-state index in [0.717, 1.165) is 0 Å². The molecule has 7 heteroatoms. The number of rotatable bonds is 5. The summed E-state index contributed by atoms with van der Waals surface area (Å²) < 4.78 is -1.54. The van der Waals surface area contributed by atoms with E-state index in [4.69, 9.17) is 39.9 Å². The normalized spacial score (nSPS) is 15.3. The molecule has 0 aromatic heterocycles. The van der Waals surface area contributed by atoms with Crippen molar-refractivity contribution in [3.63, 3.8) is 0 Å². The summed E-state index contributed by atoms with van der Waals surface area (Å²) in [7, 11) is 0. The number of carboxylic acids is 1. The Morgan fingerprint density at radius 2 is 1.88 bits per heavy atom. The predicted octanol–water partition coefficient (Wildman–Crippen LogP) is 2.36. The maximum atomic E-state index is 11.1. The standard InChI is InChI=1S/C9H14Cl3NO3/c1-3-7(14)13-6(8(15)16)4-5(2)9(10,11)12/h5-6H,3-4H2,1-2H3,(H,13,14)(H,15,16)/t5-,6+/m0/s1. The van der Waals surface area contributed by atoms with Crippen LogP contribution in [0.15, 0.2) is 0 Å². The average molecular weight is 291 g/mol. The zero-order valence-corrected chi connectivity index (χ0v) is 11.2. The first-order valence-corrected chi connectivity index (χ1v) is 5.90. The molecule has 4 nitrogen and oxygen atoms in total. The summed E-state index contributed by atoms with van der Waals surface area (Å²) in [5.74, 6) is -1.96. The molecule has 1 amide bonds. The van der Waals surface area contributed by atoms with Crippen molar-refractivity contribution in [3.8, 4) is 0 Å². The van der Waals surface area contributed by atoms with Gasteiger partial charge in [-0.1, -0.05) is 48.7 Å². The zero-order chi connectivity index (χ0) is 12.9. The molecule has 0 aliphatic heterocycles. The van der Waals surface area contributed by atoms with Gasteiger partial charge in [0.05, 0.1) is 0 Å². The van der Waals surface area contributed by atoms with Gasteiger partial charge in [0.1, 0.15) is 6.04 Å². The number of amides is 1. The largest absolute Gasteiger partial charge is 0.480 e. The van der Waals surface area contributed by atoms with E-state index in [1.165, 1.54) is 0 Å². The van der Waals surface area contributed by atoms with Gasteiger partial charge in [0.2, 0.25) is 5.91 Å². The van der Waals surface area contributed by atoms with Crippen molar-refractivity contribution >= 4 is 46.7 Å². The first kappa shape index (κ1) is 15.8. The van der Waals surface area contributed by atoms with Crippen molar-refractivity contribution < 1.29 is 14.7 Å². The molecule has 0 radical (unpaired) electrons. The molecule has 0 unspecified atom stereocenters. The van der Waals surface area contributed by atoms with Crippen LogP contribution in [-0.4, -0.2) is 26.8 Å². The van der Waals surface area contributed by atoms with E-state index in [9.17, 15) is 9.59 Å². The smallest absolute Gasteiger partial charge is 0.326 e. The Morgan fingerprint density at radius 1 is 1.38 bits per heavy atom. The van der Waals surface area contributed by atoms with Gasteiger partial charge in [0, 0.05) is 12.3 Å². The van der Waals surface area contributed by atoms with Gasteiger partial charge in [-0.3, -0.25) is 4.79 Å². The van der Waals surface area contributed by atoms with Gasteiger partial charge in [-0.15, -0.1) is 0 Å². The number of hydrogen-bond donors (Lipinski definition) is 2. The molecule has 0 saturated carbocycles. The lowest BCUT2D eigenvalue weighted by molar-refractivity contribution is -0.142. The Balaban J connectivity index is 4.46. The highest BCUT2D eigenvalue weighted by atomic mass is 35.6. The number of aliphatic carboxylic acids is 1. The minimum atomic E-state index is -1.54. The van der Waals surface area contributed by atoms with Crippen LogP contribution in [0, 0.1) is 5.92 Å². The molecule has 2 N–H and O–H groups in total. The second kappa shape index (κ2) is 6.52. The van der Waals surface area contributed by atoms with Gasteiger partial charge < -0.3 is 10.4 Å². The molecule has 0 saturated heterocycles. The summed E-state index contributed by atoms with van der Waals surface area (Å²) in [4.78, 5) is 22.0. The Labute approximate surface area is 109 Å². The van der Waals surface area contributed by atoms with Crippen molar-refractivity contribution in [2.24, 2.45) is 5.92 Å². The Hall–Kier alpha value is -0.190. The van der Waals surface area contributed by atoms with E-state index in [1.54, 1.807) is 13.8 Å². The predicted molar refractivity (Wildman–Crippen MR) is 63.9 cm³/mol. The van der Waals surface area contributed by atoms with Crippen LogP contribution in [0.1, 0.15) is 26.7 Å². The number of carbonyl (C=O) groups is 2. The quantitative estimate of drug-likeness (QED) is 0.764. The molecular formula is C9H14Cl3NO3. The average Bonchev–Trinajstić information content (AvgIpc) is 2.14. The second-order valence-corrected chi connectivity index (χ2v) is 5.86. The van der Waals surface area contributed by atoms with Gasteiger partial charge in [-0.25, -0.2) is 4.79 Å². The van der Waals surface area contributed by atoms with Crippen LogP contribution in [0.3, 0.4) is 0 Å². The first-order valence-electron chi connectivity index (χ1n) is 4.77. The summed E-state index contributed by atoms with van der Waals surface area (Å²) in [6, 6.07) is -1.03. The minimum absolute atomic E-state index is 0.0670. The van der Waals surface area contributed by atoms with Crippen LogP contribution in [-0.2, 0) is 9.59 Å². The summed E-state index contributed by atoms with van der Waals surface area (Å²) >= 11 is 16.9. The van der Waals surface area contributed by atoms with Gasteiger partial charge in [0.25, 0.3) is 0 Å². The monoisotopic (exact) mass is 289 g/mol. The van der Waals surface area contributed by atoms with Gasteiger partial charge in [-0.05, 0) is 6.42 Å². The fourth-order valence-corrected chi connectivity index (χ4v) is 1.27. The van der Waals surface area contributed by atoms with E-state index in [2.05, 4.69) is 5.32 Å². The van der Waals surface area contributed by atoms with Crippen LogP contribution >= 0.6 is 34.8 Å². The van der Waals surface area contributed by atoms with Crippen molar-refractivity contribution in [3.05, 3.63) is 0 Å². The topological polar surface area (TPSA) is 66.4 Å². The minimum Gasteiger partial charge on any atom is -0.480 e. The summed E-state index contributed by atoms with van der Waals surface area (Å²) in [6.45, 7) is 3.24. The molecule has 0 bridgehead atoms. The fourth-order valence-electron chi connectivity index (χ4n) is 1.01. The van der Waals surface area contributed by atoms with E-state index < -0.39 is 21.7 Å². The van der Waals surface area contributed by atoms with Crippen molar-refractivity contribution in [2.45, 2.75) is 36.5 Å². The number of alkyl halides is 3. The molecule has 0 fully saturated rings. The zero-order valence-electron chi connectivity index (χ0n) is 8.97. The third-order valence-corrected chi connectivity index (χ3v) is 3.22. The molecule has 0 aliphatic rings. The van der Waals surface area contributed by atoms with Crippen LogP contribution in [0.25, 0.3) is 0 Å². The maximum absolute atomic E-state index is 11.1. The van der Waals surface area contributed by atoms with Crippen LogP contribution < -0.4 is 5.32 Å². The molecule has 94 valence electrons. The lowest BCUT2D eigenvalue weighted by Crippen LogP contribution is -2.42. The van der Waals surface area contributed by atoms with Crippen molar-refractivity contribution in [1.82, 2.24) is 5.32 Å². The molecular weight excluding hydrogens is 276 g/mol. The fraction of sp³-hybridized carbons (Fsp3) is 0.778. The summed E-state index contributed by atoms with van der Waals surface area (Å²) in [5, 5.41) is 11.2. The highest BCUT2D eigenvalue weighted by Crippen LogP contribution is 2.37. The highest BCUT2D eigenvalue weighted by Gasteiger charge is 2.33. The number of carbonyl (C=O) groups excluding carboxylic acids is 1. The lowest BCUT2D eigenvalue weighted by Gasteiger charge is -2.23. The van der Waals surface area contributed by atoms with E-state index in [-0.39, 0.29) is 18.7 Å². The molecule has 0 aromatic rings. The summed E-state index contributed by atoms with van der Waals surface area (Å²) in [6.07, 6.45) is 0.281. The number of carboxylic acid groups (broad SMARTS) is 1. The van der Waals surface area contributed by atoms with Gasteiger partial charge in [-0.2, -0.15) is 0 Å². The first-order chi connectivity index (χ1) is 7.18. The van der Waals surface area contributed by atoms with Crippen LogP contribution in [0.4, 0.5) is 0 Å². The van der Waals surface area contributed by atoms with Crippen LogP contribution in [0.5, 0.6) is 0 Å². The van der Waals surface area contributed by atoms with Gasteiger partial charge >= 0.3 is 5.97 Å². The third kappa shape index (κ3) is 5.77. The Morgan fingerprint density at radius 3 is 2.19 bits per heavy atom. The molecule has 16 heavy (non-hydrogen) atoms. The van der Waals surface area contributed by atoms with Gasteiger partial charge in [0.15, 0.2) is 3.79 Å². The number of nitrogens with one attached hydrogen (secondary N) is 1. The third-order valence-electron chi connectivity index (χ3n) is 2.10. The van der Waals surface area contributed by atoms with Crippen molar-refractivity contribution in [1.29, 1.82) is 0 Å². The molecule has 0 aromatic carbocycles. The number of halogens is 3. The van der Waals surface area contributed by atoms with E-state index >= 15 is 0 Å². The van der Waals surface area contributed by atoms with Crippen molar-refractivity contribution in [2.75, 3.05) is 0 Å². The Bertz CT molecular complexity index is 265.